The third kappa shape index (κ3) is 10.0. The second-order valence-corrected chi connectivity index (χ2v) is 15.2. The molecule has 54 heavy (non-hydrogen) atoms. The third-order valence-corrected chi connectivity index (χ3v) is 11.3. The molecule has 0 saturated heterocycles. The molecule has 18 heteroatoms. The third-order valence-electron chi connectivity index (χ3n) is 11.3. The van der Waals surface area contributed by atoms with Gasteiger partial charge in [0.05, 0.1) is 55.1 Å². The highest BCUT2D eigenvalue weighted by Crippen LogP contribution is 2.36. The summed E-state index contributed by atoms with van der Waals surface area (Å²) in [5, 5.41) is 28.9. The minimum absolute atomic E-state index is 0.0988. The van der Waals surface area contributed by atoms with E-state index in [1.54, 1.807) is 0 Å². The highest BCUT2D eigenvalue weighted by atomic mass is 16.5. The van der Waals surface area contributed by atoms with Crippen LogP contribution in [0.15, 0.2) is 14.4 Å². The Morgan fingerprint density at radius 2 is 0.704 bits per heavy atom. The lowest BCUT2D eigenvalue weighted by molar-refractivity contribution is -0.160. The van der Waals surface area contributed by atoms with E-state index < -0.39 is 128 Å². The average Bonchev–Trinajstić information content (AvgIpc) is 3.11. The maximum atomic E-state index is 13.5. The molecule has 0 aliphatic heterocycles. The lowest BCUT2D eigenvalue weighted by Gasteiger charge is -2.30. The topological polar surface area (TPSA) is 257 Å². The average molecular weight is 766 g/mol. The quantitative estimate of drug-likeness (QED) is 0.168. The van der Waals surface area contributed by atoms with Crippen molar-refractivity contribution in [2.24, 2.45) is 53.3 Å². The second-order valence-electron chi connectivity index (χ2n) is 15.2. The number of rotatable bonds is 15. The molecule has 1 heterocycles. The van der Waals surface area contributed by atoms with Crippen molar-refractivity contribution >= 4 is 35.8 Å². The summed E-state index contributed by atoms with van der Waals surface area (Å²) in [4.78, 5) is 115. The van der Waals surface area contributed by atoms with Gasteiger partial charge in [0.1, 0.15) is 19.8 Å². The predicted molar refractivity (Wildman–Crippen MR) is 185 cm³/mol. The second kappa shape index (κ2) is 18.5. The van der Waals surface area contributed by atoms with Crippen molar-refractivity contribution in [3.63, 3.8) is 0 Å². The van der Waals surface area contributed by atoms with E-state index >= 15 is 0 Å². The van der Waals surface area contributed by atoms with Crippen molar-refractivity contribution in [1.29, 1.82) is 0 Å². The summed E-state index contributed by atoms with van der Waals surface area (Å²) < 4.78 is 17.8. The van der Waals surface area contributed by atoms with Crippen molar-refractivity contribution in [3.05, 3.63) is 31.5 Å². The molecule has 3 aliphatic carbocycles. The minimum atomic E-state index is -1.14. The zero-order valence-electron chi connectivity index (χ0n) is 30.9. The van der Waals surface area contributed by atoms with Crippen LogP contribution in [0, 0.1) is 53.3 Å². The summed E-state index contributed by atoms with van der Waals surface area (Å²) in [7, 11) is 0. The summed E-state index contributed by atoms with van der Waals surface area (Å²) >= 11 is 0. The normalized spacial score (nSPS) is 28.4. The summed E-state index contributed by atoms with van der Waals surface area (Å²) in [5.74, 6) is -11.2. The Bertz CT molecular complexity index is 1530. The van der Waals surface area contributed by atoms with Crippen molar-refractivity contribution in [1.82, 2.24) is 13.7 Å². The molecule has 1 aromatic rings. The Balaban J connectivity index is 1.52. The number of carbonyl (C=O) groups is 6. The first-order valence-corrected chi connectivity index (χ1v) is 18.6. The van der Waals surface area contributed by atoms with Crippen LogP contribution in [-0.2, 0) is 62.6 Å². The molecule has 9 unspecified atom stereocenters. The fraction of sp³-hybridized carbons (Fsp3) is 0.750. The molecule has 18 nitrogen and oxygen atoms in total. The van der Waals surface area contributed by atoms with Crippen molar-refractivity contribution < 1.29 is 58.3 Å². The molecule has 9 atom stereocenters. The fourth-order valence-corrected chi connectivity index (χ4v) is 8.10. The van der Waals surface area contributed by atoms with Crippen LogP contribution in [0.25, 0.3) is 0 Å². The fourth-order valence-electron chi connectivity index (χ4n) is 8.10. The predicted octanol–water partition coefficient (Wildman–Crippen LogP) is 1.21. The van der Waals surface area contributed by atoms with Gasteiger partial charge in [0.15, 0.2) is 0 Å². The highest BCUT2D eigenvalue weighted by Gasteiger charge is 2.41. The van der Waals surface area contributed by atoms with Gasteiger partial charge in [-0.15, -0.1) is 0 Å². The van der Waals surface area contributed by atoms with Crippen LogP contribution in [0.5, 0.6) is 0 Å². The van der Waals surface area contributed by atoms with Crippen LogP contribution in [0.1, 0.15) is 78.6 Å². The summed E-state index contributed by atoms with van der Waals surface area (Å²) in [6, 6.07) is 0. The van der Waals surface area contributed by atoms with Crippen LogP contribution in [0.2, 0.25) is 0 Å². The lowest BCUT2D eigenvalue weighted by Crippen LogP contribution is -2.55. The van der Waals surface area contributed by atoms with Crippen LogP contribution >= 0.6 is 0 Å². The number of hydrogen-bond donors (Lipinski definition) is 3. The molecular formula is C36H51N3O15. The van der Waals surface area contributed by atoms with E-state index in [0.29, 0.717) is 33.0 Å². The van der Waals surface area contributed by atoms with Crippen molar-refractivity contribution in [3.8, 4) is 0 Å². The molecule has 1 aromatic heterocycles. The number of aliphatic carboxylic acids is 3. The molecule has 3 fully saturated rings. The van der Waals surface area contributed by atoms with Gasteiger partial charge >= 0.3 is 52.9 Å². The molecule has 3 N–H and O–H groups in total. The molecule has 3 aliphatic rings. The minimum Gasteiger partial charge on any atom is -0.481 e. The van der Waals surface area contributed by atoms with E-state index in [4.69, 9.17) is 14.2 Å². The Morgan fingerprint density at radius 1 is 0.463 bits per heavy atom. The summed E-state index contributed by atoms with van der Waals surface area (Å²) in [6.07, 6.45) is 3.54. The largest absolute Gasteiger partial charge is 0.481 e. The van der Waals surface area contributed by atoms with E-state index in [1.807, 2.05) is 20.8 Å². The van der Waals surface area contributed by atoms with Gasteiger partial charge in [-0.3, -0.25) is 28.8 Å². The SMILES string of the molecule is CC1CCC(C(=O)OCCn2c(=O)n(CCOC(=O)C3CCC(C)CC3C(=O)O)c(=O)n(CCOC(=O)C3CCC(C)CC3C(=O)O)c2=O)C(C(=O)O)C1. The number of hydrogen-bond acceptors (Lipinski definition) is 12. The Kier molecular flexibility index (Phi) is 14.4. The first-order valence-electron chi connectivity index (χ1n) is 18.6. The molecule has 0 amide bonds. The van der Waals surface area contributed by atoms with Gasteiger partial charge in [0.25, 0.3) is 0 Å². The molecule has 0 spiro atoms. The van der Waals surface area contributed by atoms with Crippen molar-refractivity contribution in [2.75, 3.05) is 19.8 Å². The molecule has 0 bridgehead atoms. The Labute approximate surface area is 310 Å². The zero-order chi connectivity index (χ0) is 39.9. The van der Waals surface area contributed by atoms with Gasteiger partial charge in [-0.2, -0.15) is 0 Å². The maximum absolute atomic E-state index is 13.5. The first-order chi connectivity index (χ1) is 25.5. The van der Waals surface area contributed by atoms with Gasteiger partial charge < -0.3 is 29.5 Å². The molecule has 3 saturated carbocycles. The molecular weight excluding hydrogens is 714 g/mol. The maximum Gasteiger partial charge on any atom is 0.336 e. The van der Waals surface area contributed by atoms with E-state index in [2.05, 4.69) is 0 Å². The molecule has 4 rings (SSSR count). The molecule has 0 aromatic carbocycles. The van der Waals surface area contributed by atoms with Crippen LogP contribution in [0.4, 0.5) is 0 Å². The molecule has 300 valence electrons. The summed E-state index contributed by atoms with van der Waals surface area (Å²) in [6.45, 7) is 2.47. The number of esters is 3. The number of carbonyl (C=O) groups excluding carboxylic acids is 3. The lowest BCUT2D eigenvalue weighted by atomic mass is 9.74. The number of ether oxygens (including phenoxy) is 3. The monoisotopic (exact) mass is 765 g/mol. The Hall–Kier alpha value is -4.77. The summed E-state index contributed by atoms with van der Waals surface area (Å²) in [5.41, 5.74) is -3.39. The first kappa shape index (κ1) is 42.0. The van der Waals surface area contributed by atoms with E-state index in [1.165, 1.54) is 0 Å². The zero-order valence-corrected chi connectivity index (χ0v) is 30.9. The standard InChI is InChI=1S/C36H51N3O15/c1-19-4-7-22(25(16-19)28(40)41)31(46)52-13-10-37-34(49)38(11-14-53-32(47)23-8-5-20(2)17-26(23)29(42)43)36(51)39(35(37)50)12-15-54-33(48)24-9-6-21(3)18-27(24)30(44)45/h19-27H,4-18H2,1-3H3,(H,40,41)(H,42,43)(H,44,45). The highest BCUT2D eigenvalue weighted by molar-refractivity contribution is 5.82. The van der Waals surface area contributed by atoms with Gasteiger partial charge in [0.2, 0.25) is 0 Å². The van der Waals surface area contributed by atoms with Crippen LogP contribution in [-0.4, -0.2) is 84.7 Å². The van der Waals surface area contributed by atoms with E-state index in [-0.39, 0.29) is 56.3 Å². The number of carboxylic acid groups (broad SMARTS) is 3. The Morgan fingerprint density at radius 3 is 0.926 bits per heavy atom. The van der Waals surface area contributed by atoms with Crippen molar-refractivity contribution in [2.45, 2.75) is 98.2 Å². The molecule has 0 radical (unpaired) electrons. The van der Waals surface area contributed by atoms with Gasteiger partial charge in [-0.05, 0) is 75.5 Å². The van der Waals surface area contributed by atoms with Gasteiger partial charge in [-0.25, -0.2) is 28.1 Å². The smallest absolute Gasteiger partial charge is 0.336 e. The van der Waals surface area contributed by atoms with Gasteiger partial charge in [0, 0.05) is 0 Å². The van der Waals surface area contributed by atoms with Gasteiger partial charge in [-0.1, -0.05) is 20.8 Å². The van der Waals surface area contributed by atoms with Crippen LogP contribution < -0.4 is 17.1 Å². The number of aromatic nitrogens is 3. The number of carboxylic acids is 3. The van der Waals surface area contributed by atoms with Crippen LogP contribution in [0.3, 0.4) is 0 Å². The van der Waals surface area contributed by atoms with E-state index in [9.17, 15) is 58.5 Å². The number of nitrogens with zero attached hydrogens (tertiary/aromatic N) is 3. The van der Waals surface area contributed by atoms with E-state index in [0.717, 1.165) is 0 Å².